The Labute approximate surface area is 89.5 Å². The summed E-state index contributed by atoms with van der Waals surface area (Å²) in [5.41, 5.74) is 0.778. The van der Waals surface area contributed by atoms with E-state index >= 15 is 0 Å². The van der Waals surface area contributed by atoms with Crippen LogP contribution in [0.1, 0.15) is 32.8 Å². The molecule has 0 unspecified atom stereocenters. The van der Waals surface area contributed by atoms with E-state index in [4.69, 9.17) is 0 Å². The second-order valence-corrected chi connectivity index (χ2v) is 4.34. The molecule has 1 N–H and O–H groups in total. The van der Waals surface area contributed by atoms with E-state index in [0.717, 1.165) is 18.1 Å². The third-order valence-electron chi connectivity index (χ3n) is 2.64. The van der Waals surface area contributed by atoms with Crippen LogP contribution in [0.4, 0.5) is 8.78 Å². The number of hydrogen-bond donors (Lipinski definition) is 1. The second-order valence-electron chi connectivity index (χ2n) is 4.34. The van der Waals surface area contributed by atoms with Gasteiger partial charge < -0.3 is 5.32 Å². The van der Waals surface area contributed by atoms with Crippen LogP contribution in [0, 0.1) is 11.6 Å². The van der Waals surface area contributed by atoms with Gasteiger partial charge in [0.1, 0.15) is 0 Å². The van der Waals surface area contributed by atoms with Crippen LogP contribution in [0.3, 0.4) is 0 Å². The molecule has 0 aliphatic rings. The van der Waals surface area contributed by atoms with Gasteiger partial charge in [-0.2, -0.15) is 0 Å². The van der Waals surface area contributed by atoms with E-state index in [-0.39, 0.29) is 5.54 Å². The van der Waals surface area contributed by atoms with Gasteiger partial charge in [-0.05, 0) is 38.0 Å². The van der Waals surface area contributed by atoms with Crippen LogP contribution >= 0.6 is 0 Å². The first kappa shape index (κ1) is 12.1. The van der Waals surface area contributed by atoms with Crippen LogP contribution in [0.5, 0.6) is 0 Å². The quantitative estimate of drug-likeness (QED) is 0.809. The molecule has 0 fully saturated rings. The van der Waals surface area contributed by atoms with Crippen LogP contribution in [0.15, 0.2) is 18.2 Å². The fraction of sp³-hybridized carbons (Fsp3) is 0.500. The summed E-state index contributed by atoms with van der Waals surface area (Å²) in [4.78, 5) is 0. The van der Waals surface area contributed by atoms with Gasteiger partial charge in [-0.25, -0.2) is 8.78 Å². The highest BCUT2D eigenvalue weighted by molar-refractivity contribution is 5.17. The first-order chi connectivity index (χ1) is 6.94. The lowest BCUT2D eigenvalue weighted by atomic mass is 10.0. The van der Waals surface area contributed by atoms with Crippen molar-refractivity contribution in [2.45, 2.75) is 39.3 Å². The monoisotopic (exact) mass is 213 g/mol. The standard InChI is InChI=1S/C12H17F2N/c1-4-12(2,3)15-8-9-5-6-10(13)11(14)7-9/h5-7,15H,4,8H2,1-3H3. The molecular weight excluding hydrogens is 196 g/mol. The van der Waals surface area contributed by atoms with Gasteiger partial charge in [-0.3, -0.25) is 0 Å². The molecule has 0 atom stereocenters. The minimum Gasteiger partial charge on any atom is -0.308 e. The van der Waals surface area contributed by atoms with E-state index in [1.807, 2.05) is 0 Å². The summed E-state index contributed by atoms with van der Waals surface area (Å²) in [5.74, 6) is -1.59. The van der Waals surface area contributed by atoms with Gasteiger partial charge >= 0.3 is 0 Å². The molecule has 0 aliphatic carbocycles. The second kappa shape index (κ2) is 4.71. The Hall–Kier alpha value is -0.960. The Morgan fingerprint density at radius 2 is 1.87 bits per heavy atom. The average molecular weight is 213 g/mol. The summed E-state index contributed by atoms with van der Waals surface area (Å²) in [6.45, 7) is 6.79. The maximum absolute atomic E-state index is 12.9. The number of rotatable bonds is 4. The summed E-state index contributed by atoms with van der Waals surface area (Å²) < 4.78 is 25.5. The Morgan fingerprint density at radius 3 is 2.40 bits per heavy atom. The molecule has 0 aromatic heterocycles. The largest absolute Gasteiger partial charge is 0.308 e. The van der Waals surface area contributed by atoms with Crippen LogP contribution in [-0.4, -0.2) is 5.54 Å². The summed E-state index contributed by atoms with van der Waals surface area (Å²) in [6.07, 6.45) is 0.983. The third-order valence-corrected chi connectivity index (χ3v) is 2.64. The molecule has 0 saturated carbocycles. The molecule has 0 bridgehead atoms. The molecule has 1 nitrogen and oxygen atoms in total. The Balaban J connectivity index is 2.62. The summed E-state index contributed by atoms with van der Waals surface area (Å²) >= 11 is 0. The van der Waals surface area contributed by atoms with Crippen molar-refractivity contribution in [1.29, 1.82) is 0 Å². The SMILES string of the molecule is CCC(C)(C)NCc1ccc(F)c(F)c1. The van der Waals surface area contributed by atoms with Crippen molar-refractivity contribution >= 4 is 0 Å². The van der Waals surface area contributed by atoms with Gasteiger partial charge in [0.15, 0.2) is 11.6 Å². The van der Waals surface area contributed by atoms with Crippen LogP contribution in [0.25, 0.3) is 0 Å². The van der Waals surface area contributed by atoms with E-state index < -0.39 is 11.6 Å². The Kier molecular flexibility index (Phi) is 3.80. The van der Waals surface area contributed by atoms with Crippen LogP contribution in [0.2, 0.25) is 0 Å². The molecule has 0 aliphatic heterocycles. The molecular formula is C12H17F2N. The average Bonchev–Trinajstić information content (AvgIpc) is 2.20. The van der Waals surface area contributed by atoms with Gasteiger partial charge in [-0.1, -0.05) is 13.0 Å². The van der Waals surface area contributed by atoms with Crippen molar-refractivity contribution in [2.24, 2.45) is 0 Å². The highest BCUT2D eigenvalue weighted by Gasteiger charge is 2.13. The van der Waals surface area contributed by atoms with E-state index in [9.17, 15) is 8.78 Å². The zero-order valence-electron chi connectivity index (χ0n) is 9.40. The molecule has 0 heterocycles. The van der Waals surface area contributed by atoms with Gasteiger partial charge in [0.05, 0.1) is 0 Å². The number of halogens is 2. The van der Waals surface area contributed by atoms with Crippen molar-refractivity contribution in [3.8, 4) is 0 Å². The predicted molar refractivity (Wildman–Crippen MR) is 57.6 cm³/mol. The molecule has 15 heavy (non-hydrogen) atoms. The first-order valence-electron chi connectivity index (χ1n) is 5.13. The fourth-order valence-corrected chi connectivity index (χ4v) is 1.12. The van der Waals surface area contributed by atoms with E-state index in [0.29, 0.717) is 6.54 Å². The summed E-state index contributed by atoms with van der Waals surface area (Å²) in [7, 11) is 0. The van der Waals surface area contributed by atoms with Crippen LogP contribution < -0.4 is 5.32 Å². The van der Waals surface area contributed by atoms with Crippen molar-refractivity contribution in [2.75, 3.05) is 0 Å². The molecule has 0 saturated heterocycles. The zero-order valence-corrected chi connectivity index (χ0v) is 9.40. The number of benzene rings is 1. The predicted octanol–water partition coefficient (Wildman–Crippen LogP) is 3.24. The van der Waals surface area contributed by atoms with Gasteiger partial charge in [0, 0.05) is 12.1 Å². The molecule has 1 aromatic rings. The lowest BCUT2D eigenvalue weighted by Gasteiger charge is -2.24. The zero-order chi connectivity index (χ0) is 11.5. The number of nitrogens with one attached hydrogen (secondary N) is 1. The summed E-state index contributed by atoms with van der Waals surface area (Å²) in [5, 5.41) is 3.28. The van der Waals surface area contributed by atoms with Gasteiger partial charge in [-0.15, -0.1) is 0 Å². The molecule has 0 amide bonds. The van der Waals surface area contributed by atoms with Crippen molar-refractivity contribution in [1.82, 2.24) is 5.32 Å². The van der Waals surface area contributed by atoms with E-state index in [2.05, 4.69) is 26.1 Å². The smallest absolute Gasteiger partial charge is 0.159 e. The highest BCUT2D eigenvalue weighted by atomic mass is 19.2. The minimum atomic E-state index is -0.798. The van der Waals surface area contributed by atoms with Crippen molar-refractivity contribution in [3.63, 3.8) is 0 Å². The molecule has 0 spiro atoms. The normalized spacial score (nSPS) is 11.8. The topological polar surface area (TPSA) is 12.0 Å². The highest BCUT2D eigenvalue weighted by Crippen LogP contribution is 2.11. The fourth-order valence-electron chi connectivity index (χ4n) is 1.12. The Morgan fingerprint density at radius 1 is 1.20 bits per heavy atom. The van der Waals surface area contributed by atoms with Crippen molar-refractivity contribution in [3.05, 3.63) is 35.4 Å². The molecule has 0 radical (unpaired) electrons. The summed E-state index contributed by atoms with van der Waals surface area (Å²) in [6, 6.07) is 3.98. The molecule has 84 valence electrons. The molecule has 1 rings (SSSR count). The lowest BCUT2D eigenvalue weighted by Crippen LogP contribution is -2.37. The maximum atomic E-state index is 12.9. The molecule has 1 aromatic carbocycles. The number of hydrogen-bond acceptors (Lipinski definition) is 1. The van der Waals surface area contributed by atoms with E-state index in [1.165, 1.54) is 6.07 Å². The third kappa shape index (κ3) is 3.59. The Bertz CT molecular complexity index is 334. The lowest BCUT2D eigenvalue weighted by molar-refractivity contribution is 0.374. The van der Waals surface area contributed by atoms with Crippen molar-refractivity contribution < 1.29 is 8.78 Å². The first-order valence-corrected chi connectivity index (χ1v) is 5.13. The minimum absolute atomic E-state index is 0.0187. The van der Waals surface area contributed by atoms with Gasteiger partial charge in [0.25, 0.3) is 0 Å². The van der Waals surface area contributed by atoms with Gasteiger partial charge in [0.2, 0.25) is 0 Å². The molecule has 3 heteroatoms. The maximum Gasteiger partial charge on any atom is 0.159 e. The van der Waals surface area contributed by atoms with E-state index in [1.54, 1.807) is 6.07 Å². The van der Waals surface area contributed by atoms with Crippen LogP contribution in [-0.2, 0) is 6.54 Å².